The molecule has 1 unspecified atom stereocenters. The van der Waals surface area contributed by atoms with Crippen LogP contribution < -0.4 is 0 Å². The third-order valence-electron chi connectivity index (χ3n) is 2.89. The van der Waals surface area contributed by atoms with E-state index < -0.39 is 0 Å². The molecule has 0 heterocycles. The molecule has 0 aromatic carbocycles. The van der Waals surface area contributed by atoms with Crippen LogP contribution in [0, 0.1) is 5.92 Å². The van der Waals surface area contributed by atoms with Crippen molar-refractivity contribution >= 4 is 5.91 Å². The molecule has 0 aliphatic heterocycles. The molecule has 16 heavy (non-hydrogen) atoms. The summed E-state index contributed by atoms with van der Waals surface area (Å²) in [6, 6.07) is 0. The number of rotatable bonds is 8. The van der Waals surface area contributed by atoms with Gasteiger partial charge in [0.1, 0.15) is 0 Å². The van der Waals surface area contributed by atoms with E-state index in [1.54, 1.807) is 0 Å². The van der Waals surface area contributed by atoms with Crippen molar-refractivity contribution < 1.29 is 4.79 Å². The Kier molecular flexibility index (Phi) is 8.97. The Morgan fingerprint density at radius 2 is 1.88 bits per heavy atom. The lowest BCUT2D eigenvalue weighted by Crippen LogP contribution is -2.29. The fourth-order valence-electron chi connectivity index (χ4n) is 1.73. The predicted octanol–water partition coefficient (Wildman–Crippen LogP) is 3.63. The van der Waals surface area contributed by atoms with Gasteiger partial charge in [-0.2, -0.15) is 0 Å². The summed E-state index contributed by atoms with van der Waals surface area (Å²) in [4.78, 5) is 13.6. The first-order chi connectivity index (χ1) is 7.65. The van der Waals surface area contributed by atoms with Gasteiger partial charge < -0.3 is 4.90 Å². The van der Waals surface area contributed by atoms with E-state index in [4.69, 9.17) is 0 Å². The summed E-state index contributed by atoms with van der Waals surface area (Å²) in [5, 5.41) is 0. The van der Waals surface area contributed by atoms with Crippen LogP contribution in [0.1, 0.15) is 53.4 Å². The van der Waals surface area contributed by atoms with E-state index in [1.165, 1.54) is 19.3 Å². The van der Waals surface area contributed by atoms with Crippen molar-refractivity contribution in [3.8, 4) is 0 Å². The third-order valence-corrected chi connectivity index (χ3v) is 2.89. The average molecular weight is 225 g/mol. The van der Waals surface area contributed by atoms with Crippen molar-refractivity contribution in [3.63, 3.8) is 0 Å². The summed E-state index contributed by atoms with van der Waals surface area (Å²) in [5.74, 6) is 0.841. The maximum Gasteiger partial charge on any atom is 0.226 e. The number of hydrogen-bond acceptors (Lipinski definition) is 1. The molecule has 0 spiro atoms. The van der Waals surface area contributed by atoms with Gasteiger partial charge in [0.2, 0.25) is 5.91 Å². The Labute approximate surface area is 101 Å². The van der Waals surface area contributed by atoms with Crippen LogP contribution in [0.15, 0.2) is 12.2 Å². The lowest BCUT2D eigenvalue weighted by Gasteiger charge is -2.17. The van der Waals surface area contributed by atoms with E-state index in [2.05, 4.69) is 19.9 Å². The van der Waals surface area contributed by atoms with Crippen molar-refractivity contribution in [2.75, 3.05) is 13.1 Å². The molecule has 94 valence electrons. The summed E-state index contributed by atoms with van der Waals surface area (Å²) < 4.78 is 0. The zero-order valence-corrected chi connectivity index (χ0v) is 11.3. The van der Waals surface area contributed by atoms with Crippen LogP contribution in [0.25, 0.3) is 0 Å². The lowest BCUT2D eigenvalue weighted by molar-refractivity contribution is -0.129. The molecule has 0 saturated carbocycles. The molecule has 1 atom stereocenters. The van der Waals surface area contributed by atoms with Crippen LogP contribution in [-0.2, 0) is 4.79 Å². The average Bonchev–Trinajstić information content (AvgIpc) is 2.28. The second-order valence-electron chi connectivity index (χ2n) is 4.32. The zero-order chi connectivity index (χ0) is 12.4. The largest absolute Gasteiger partial charge is 0.343 e. The van der Waals surface area contributed by atoms with Gasteiger partial charge in [-0.15, -0.1) is 0 Å². The van der Waals surface area contributed by atoms with E-state index >= 15 is 0 Å². The van der Waals surface area contributed by atoms with Crippen LogP contribution in [0.4, 0.5) is 0 Å². The van der Waals surface area contributed by atoms with Crippen molar-refractivity contribution in [2.45, 2.75) is 53.4 Å². The highest BCUT2D eigenvalue weighted by Gasteiger charge is 2.06. The maximum absolute atomic E-state index is 11.7. The molecule has 0 aliphatic carbocycles. The van der Waals surface area contributed by atoms with Gasteiger partial charge in [-0.25, -0.2) is 0 Å². The summed E-state index contributed by atoms with van der Waals surface area (Å²) in [7, 11) is 0. The van der Waals surface area contributed by atoms with Gasteiger partial charge in [0.25, 0.3) is 0 Å². The number of amides is 1. The van der Waals surface area contributed by atoms with Crippen LogP contribution in [-0.4, -0.2) is 23.9 Å². The first-order valence-electron chi connectivity index (χ1n) is 6.60. The highest BCUT2D eigenvalue weighted by Crippen LogP contribution is 2.09. The molecule has 0 aliphatic rings. The number of nitrogens with zero attached hydrogens (tertiary/aromatic N) is 1. The van der Waals surface area contributed by atoms with Gasteiger partial charge in [0.15, 0.2) is 0 Å². The molecule has 0 radical (unpaired) electrons. The van der Waals surface area contributed by atoms with Crippen molar-refractivity contribution in [3.05, 3.63) is 12.2 Å². The lowest BCUT2D eigenvalue weighted by atomic mass is 10.0. The molecule has 0 saturated heterocycles. The van der Waals surface area contributed by atoms with Gasteiger partial charge in [-0.3, -0.25) is 4.79 Å². The number of allylic oxidation sites excluding steroid dienone is 1. The number of carbonyl (C=O) groups is 1. The van der Waals surface area contributed by atoms with Crippen LogP contribution in [0.2, 0.25) is 0 Å². The van der Waals surface area contributed by atoms with Crippen molar-refractivity contribution in [1.82, 2.24) is 4.90 Å². The highest BCUT2D eigenvalue weighted by atomic mass is 16.2. The van der Waals surface area contributed by atoms with Crippen molar-refractivity contribution in [2.24, 2.45) is 5.92 Å². The fraction of sp³-hybridized carbons (Fsp3) is 0.786. The van der Waals surface area contributed by atoms with Crippen molar-refractivity contribution in [1.29, 1.82) is 0 Å². The molecule has 0 aromatic rings. The third kappa shape index (κ3) is 6.65. The Morgan fingerprint density at radius 3 is 2.38 bits per heavy atom. The normalized spacial score (nSPS) is 13.0. The Balaban J connectivity index is 3.85. The van der Waals surface area contributed by atoms with E-state index in [1.807, 2.05) is 24.8 Å². The monoisotopic (exact) mass is 225 g/mol. The van der Waals surface area contributed by atoms with Crippen LogP contribution in [0.3, 0.4) is 0 Å². The van der Waals surface area contributed by atoms with E-state index in [-0.39, 0.29) is 5.91 Å². The maximum atomic E-state index is 11.7. The second kappa shape index (κ2) is 9.44. The smallest absolute Gasteiger partial charge is 0.226 e. The molecular formula is C14H27NO. The minimum atomic E-state index is 0.240. The molecule has 1 amide bonds. The first kappa shape index (κ1) is 15.2. The van der Waals surface area contributed by atoms with E-state index in [9.17, 15) is 4.79 Å². The second-order valence-corrected chi connectivity index (χ2v) is 4.32. The number of carbonyl (C=O) groups excluding carboxylic acids is 1. The number of unbranched alkanes of at least 4 members (excludes halogenated alkanes) is 1. The van der Waals surface area contributed by atoms with E-state index in [0.29, 0.717) is 12.3 Å². The van der Waals surface area contributed by atoms with Gasteiger partial charge >= 0.3 is 0 Å². The molecule has 0 bridgehead atoms. The standard InChI is InChI=1S/C14H27NO/c1-5-8-10-13(4)11-9-12-14(16)15(6-2)7-3/h9,11,13H,5-8,10,12H2,1-4H3. The summed E-state index contributed by atoms with van der Waals surface area (Å²) >= 11 is 0. The summed E-state index contributed by atoms with van der Waals surface area (Å²) in [6.45, 7) is 10.1. The molecule has 2 heteroatoms. The highest BCUT2D eigenvalue weighted by molar-refractivity contribution is 5.77. The van der Waals surface area contributed by atoms with Gasteiger partial charge in [0.05, 0.1) is 0 Å². The minimum absolute atomic E-state index is 0.240. The van der Waals surface area contributed by atoms with Crippen LogP contribution >= 0.6 is 0 Å². The topological polar surface area (TPSA) is 20.3 Å². The fourth-order valence-corrected chi connectivity index (χ4v) is 1.73. The Morgan fingerprint density at radius 1 is 1.25 bits per heavy atom. The van der Waals surface area contributed by atoms with Crippen LogP contribution in [0.5, 0.6) is 0 Å². The summed E-state index contributed by atoms with van der Waals surface area (Å²) in [6.07, 6.45) is 8.51. The van der Waals surface area contributed by atoms with Gasteiger partial charge in [-0.1, -0.05) is 38.8 Å². The molecule has 0 rings (SSSR count). The first-order valence-corrected chi connectivity index (χ1v) is 6.60. The predicted molar refractivity (Wildman–Crippen MR) is 70.4 cm³/mol. The molecular weight excluding hydrogens is 198 g/mol. The zero-order valence-electron chi connectivity index (χ0n) is 11.3. The van der Waals surface area contributed by atoms with Gasteiger partial charge in [0, 0.05) is 19.5 Å². The Hall–Kier alpha value is -0.790. The number of hydrogen-bond donors (Lipinski definition) is 0. The molecule has 0 aromatic heterocycles. The molecule has 2 nitrogen and oxygen atoms in total. The SMILES string of the molecule is CCCCC(C)C=CCC(=O)N(CC)CC. The molecule has 0 fully saturated rings. The minimum Gasteiger partial charge on any atom is -0.343 e. The van der Waals surface area contributed by atoms with E-state index in [0.717, 1.165) is 13.1 Å². The molecule has 0 N–H and O–H groups in total. The quantitative estimate of drug-likeness (QED) is 0.578. The van der Waals surface area contributed by atoms with Gasteiger partial charge in [-0.05, 0) is 26.2 Å². The Bertz CT molecular complexity index is 207. The summed E-state index contributed by atoms with van der Waals surface area (Å²) in [5.41, 5.74) is 0.